The maximum Gasteiger partial charge on any atom is 0.413 e. The number of carbonyl (C=O) groups is 4. The smallest absolute Gasteiger partial charge is 0.413 e. The zero-order chi connectivity index (χ0) is 27.6. The molecule has 4 heterocycles. The summed E-state index contributed by atoms with van der Waals surface area (Å²) in [4.78, 5) is 60.3. The fraction of sp³-hybridized carbons (Fsp3) is 0.481. The number of nitrogens with zero attached hydrogens (tertiary/aromatic N) is 3. The Bertz CT molecular complexity index is 1270. The van der Waals surface area contributed by atoms with E-state index in [9.17, 15) is 19.2 Å². The van der Waals surface area contributed by atoms with Crippen LogP contribution in [-0.4, -0.2) is 50.8 Å². The number of hydrogen-bond acceptors (Lipinski definition) is 7. The predicted octanol–water partition coefficient (Wildman–Crippen LogP) is 3.96. The van der Waals surface area contributed by atoms with Crippen LogP contribution in [0.3, 0.4) is 0 Å². The molecule has 3 N–H and O–H groups in total. The maximum atomic E-state index is 13.3. The normalized spacial score (nSPS) is 19.2. The summed E-state index contributed by atoms with van der Waals surface area (Å²) in [6, 6.07) is 3.31. The van der Waals surface area contributed by atoms with Gasteiger partial charge < -0.3 is 20.3 Å². The van der Waals surface area contributed by atoms with Gasteiger partial charge in [-0.25, -0.2) is 14.8 Å². The van der Waals surface area contributed by atoms with Crippen molar-refractivity contribution >= 4 is 41.1 Å². The quantitative estimate of drug-likeness (QED) is 0.518. The van der Waals surface area contributed by atoms with Crippen molar-refractivity contribution in [1.29, 1.82) is 0 Å². The van der Waals surface area contributed by atoms with Gasteiger partial charge in [-0.15, -0.1) is 0 Å². The molecule has 4 rings (SSSR count). The van der Waals surface area contributed by atoms with Gasteiger partial charge in [0.25, 0.3) is 0 Å². The molecular weight excluding hydrogens is 488 g/mol. The van der Waals surface area contributed by atoms with E-state index >= 15 is 0 Å². The molecule has 2 aliphatic rings. The van der Waals surface area contributed by atoms with Gasteiger partial charge in [-0.2, -0.15) is 0 Å². The Labute approximate surface area is 221 Å². The zero-order valence-corrected chi connectivity index (χ0v) is 22.4. The van der Waals surface area contributed by atoms with Crippen LogP contribution >= 0.6 is 0 Å². The average molecular weight is 523 g/mol. The lowest BCUT2D eigenvalue weighted by Gasteiger charge is -2.38. The highest BCUT2D eigenvalue weighted by molar-refractivity contribution is 6.39. The number of aromatic nitrogens is 2. The van der Waals surface area contributed by atoms with E-state index in [1.54, 1.807) is 44.9 Å². The molecule has 1 fully saturated rings. The number of ether oxygens (including phenoxy) is 1. The fourth-order valence-electron chi connectivity index (χ4n) is 4.67. The van der Waals surface area contributed by atoms with Gasteiger partial charge in [-0.1, -0.05) is 6.92 Å². The molecule has 4 amide bonds. The van der Waals surface area contributed by atoms with Crippen molar-refractivity contribution < 1.29 is 23.9 Å². The number of pyridine rings is 2. The Hall–Kier alpha value is -4.02. The lowest BCUT2D eigenvalue weighted by Crippen LogP contribution is -2.46. The number of aryl methyl sites for hydroxylation is 2. The van der Waals surface area contributed by atoms with Crippen molar-refractivity contribution in [3.05, 3.63) is 41.2 Å². The molecule has 11 nitrogen and oxygen atoms in total. The van der Waals surface area contributed by atoms with E-state index in [-0.39, 0.29) is 17.9 Å². The van der Waals surface area contributed by atoms with Crippen molar-refractivity contribution in [2.75, 3.05) is 22.5 Å². The molecule has 1 saturated heterocycles. The van der Waals surface area contributed by atoms with Crippen LogP contribution < -0.4 is 16.0 Å². The second-order valence-corrected chi connectivity index (χ2v) is 11.0. The Kier molecular flexibility index (Phi) is 7.66. The molecule has 0 radical (unpaired) electrons. The summed E-state index contributed by atoms with van der Waals surface area (Å²) in [5, 5.41) is 8.00. The van der Waals surface area contributed by atoms with Crippen LogP contribution in [0, 0.1) is 12.8 Å². The molecule has 2 aliphatic heterocycles. The monoisotopic (exact) mass is 522 g/mol. The lowest BCUT2D eigenvalue weighted by atomic mass is 9.89. The number of hydrogen-bond donors (Lipinski definition) is 3. The van der Waals surface area contributed by atoms with Crippen molar-refractivity contribution in [2.45, 2.75) is 71.9 Å². The van der Waals surface area contributed by atoms with Gasteiger partial charge in [0, 0.05) is 19.2 Å². The second kappa shape index (κ2) is 10.8. The molecule has 38 heavy (non-hydrogen) atoms. The van der Waals surface area contributed by atoms with Crippen LogP contribution in [0.2, 0.25) is 0 Å². The first-order valence-corrected chi connectivity index (χ1v) is 12.8. The summed E-state index contributed by atoms with van der Waals surface area (Å²) in [5.41, 5.74) is 2.06. The van der Waals surface area contributed by atoms with Crippen LogP contribution in [0.25, 0.3) is 0 Å². The molecule has 2 aromatic rings. The summed E-state index contributed by atoms with van der Waals surface area (Å²) in [6.07, 6.45) is 5.02. The van der Waals surface area contributed by atoms with E-state index in [1.165, 1.54) is 6.20 Å². The molecule has 0 aliphatic carbocycles. The minimum absolute atomic E-state index is 0.0592. The minimum Gasteiger partial charge on any atom is -0.444 e. The summed E-state index contributed by atoms with van der Waals surface area (Å²) in [6.45, 7) is 9.51. The molecule has 0 unspecified atom stereocenters. The first-order valence-electron chi connectivity index (χ1n) is 12.8. The fourth-order valence-corrected chi connectivity index (χ4v) is 4.67. The second-order valence-electron chi connectivity index (χ2n) is 11.0. The van der Waals surface area contributed by atoms with Crippen LogP contribution in [0.15, 0.2) is 24.5 Å². The van der Waals surface area contributed by atoms with Crippen molar-refractivity contribution in [3.63, 3.8) is 0 Å². The molecule has 0 aromatic carbocycles. The average Bonchev–Trinajstić information content (AvgIpc) is 2.83. The van der Waals surface area contributed by atoms with Gasteiger partial charge >= 0.3 is 17.9 Å². The Morgan fingerprint density at radius 1 is 1.08 bits per heavy atom. The highest BCUT2D eigenvalue weighted by atomic mass is 16.6. The molecular formula is C27H34N6O5. The molecule has 11 heteroatoms. The predicted molar refractivity (Wildman–Crippen MR) is 142 cm³/mol. The first kappa shape index (κ1) is 27.0. The Morgan fingerprint density at radius 3 is 2.55 bits per heavy atom. The number of fused-ring (bicyclic) bond motifs is 1. The number of rotatable bonds is 3. The largest absolute Gasteiger partial charge is 0.444 e. The maximum absolute atomic E-state index is 13.3. The topological polar surface area (TPSA) is 143 Å². The summed E-state index contributed by atoms with van der Waals surface area (Å²) in [7, 11) is 0. The summed E-state index contributed by atoms with van der Waals surface area (Å²) < 4.78 is 5.25. The third-order valence-electron chi connectivity index (χ3n) is 6.48. The van der Waals surface area contributed by atoms with Gasteiger partial charge in [0.15, 0.2) is 0 Å². The zero-order valence-electron chi connectivity index (χ0n) is 22.4. The number of nitrogens with one attached hydrogen (secondary N) is 3. The summed E-state index contributed by atoms with van der Waals surface area (Å²) in [5.74, 6) is -0.370. The van der Waals surface area contributed by atoms with Crippen LogP contribution in [0.5, 0.6) is 0 Å². The minimum atomic E-state index is -0.767. The Balaban J connectivity index is 1.46. The highest BCUT2D eigenvalue weighted by Gasteiger charge is 2.35. The van der Waals surface area contributed by atoms with E-state index in [0.29, 0.717) is 48.7 Å². The van der Waals surface area contributed by atoms with E-state index < -0.39 is 23.5 Å². The van der Waals surface area contributed by atoms with Gasteiger partial charge in [0.1, 0.15) is 17.2 Å². The van der Waals surface area contributed by atoms with Crippen molar-refractivity contribution in [2.24, 2.45) is 5.92 Å². The van der Waals surface area contributed by atoms with Crippen LogP contribution in [0.1, 0.15) is 69.7 Å². The van der Waals surface area contributed by atoms with E-state index in [4.69, 9.17) is 4.74 Å². The molecule has 2 aromatic heterocycles. The number of piperidine rings is 1. The third-order valence-corrected chi connectivity index (χ3v) is 6.48. The van der Waals surface area contributed by atoms with E-state index in [0.717, 1.165) is 17.5 Å². The molecule has 2 atom stereocenters. The van der Waals surface area contributed by atoms with E-state index in [1.807, 2.05) is 6.07 Å². The van der Waals surface area contributed by atoms with Crippen molar-refractivity contribution in [1.82, 2.24) is 14.9 Å². The third kappa shape index (κ3) is 6.45. The standard InChI is InChI=1S/C27H34N6O5/c1-15-6-8-20(18-11-17-7-9-21(34)31-23(17)28-12-18)33(14-15)25(36)24(35)30-19-10-16(2)22(29-13-19)32-26(37)38-27(3,4)5/h10-13,15,20H,6-9,14H2,1-5H3,(H,30,35)(H,28,31,34)(H,29,32,37)/t15-,20+/m1/s1. The van der Waals surface area contributed by atoms with Gasteiger partial charge in [-0.3, -0.25) is 19.7 Å². The number of anilines is 3. The Morgan fingerprint density at radius 2 is 1.84 bits per heavy atom. The van der Waals surface area contributed by atoms with Crippen LogP contribution in [0.4, 0.5) is 22.1 Å². The molecule has 0 spiro atoms. The number of carbonyl (C=O) groups excluding carboxylic acids is 4. The van der Waals surface area contributed by atoms with E-state index in [2.05, 4.69) is 32.8 Å². The number of likely N-dealkylation sites (tertiary alicyclic amines) is 1. The first-order chi connectivity index (χ1) is 17.9. The number of amides is 4. The highest BCUT2D eigenvalue weighted by Crippen LogP contribution is 2.35. The molecule has 202 valence electrons. The SMILES string of the molecule is Cc1cc(NC(=O)C(=O)N2C[C@H](C)CC[C@H]2c2cnc3c(c2)CCC(=O)N3)cnc1NC(=O)OC(C)(C)C. The van der Waals surface area contributed by atoms with Crippen LogP contribution in [-0.2, 0) is 25.5 Å². The van der Waals surface area contributed by atoms with Gasteiger partial charge in [0.05, 0.1) is 17.9 Å². The molecule has 0 bridgehead atoms. The van der Waals surface area contributed by atoms with Crippen molar-refractivity contribution in [3.8, 4) is 0 Å². The summed E-state index contributed by atoms with van der Waals surface area (Å²) >= 11 is 0. The molecule has 0 saturated carbocycles. The lowest BCUT2D eigenvalue weighted by molar-refractivity contribution is -0.146. The van der Waals surface area contributed by atoms with Gasteiger partial charge in [-0.05, 0) is 81.7 Å². The van der Waals surface area contributed by atoms with Gasteiger partial charge in [0.2, 0.25) is 5.91 Å².